The Morgan fingerprint density at radius 1 is 1.03 bits per heavy atom. The van der Waals surface area contributed by atoms with Crippen molar-refractivity contribution in [1.82, 2.24) is 15.2 Å². The molecular formula is C25H24N4O2S. The van der Waals surface area contributed by atoms with Gasteiger partial charge in [-0.15, -0.1) is 10.2 Å². The van der Waals surface area contributed by atoms with Gasteiger partial charge < -0.3 is 14.8 Å². The van der Waals surface area contributed by atoms with Crippen molar-refractivity contribution >= 4 is 28.2 Å². The first kappa shape index (κ1) is 20.6. The van der Waals surface area contributed by atoms with Crippen LogP contribution in [0.4, 0.5) is 5.69 Å². The van der Waals surface area contributed by atoms with E-state index in [0.717, 1.165) is 51.9 Å². The second kappa shape index (κ2) is 9.04. The van der Waals surface area contributed by atoms with Gasteiger partial charge in [0.05, 0.1) is 12.7 Å². The Labute approximate surface area is 191 Å². The van der Waals surface area contributed by atoms with E-state index in [0.29, 0.717) is 16.7 Å². The lowest BCUT2D eigenvalue weighted by molar-refractivity contribution is 0.221. The Balaban J connectivity index is 1.65. The molecule has 1 aromatic heterocycles. The number of ether oxygens (including phenoxy) is 2. The summed E-state index contributed by atoms with van der Waals surface area (Å²) < 4.78 is 12.2. The molecule has 0 saturated heterocycles. The molecule has 4 aromatic rings. The Bertz CT molecular complexity index is 1260. The molecule has 1 aliphatic rings. The van der Waals surface area contributed by atoms with E-state index in [1.165, 1.54) is 0 Å². The summed E-state index contributed by atoms with van der Waals surface area (Å²) in [6.45, 7) is 2.17. The maximum atomic E-state index is 6.50. The van der Waals surface area contributed by atoms with Crippen molar-refractivity contribution in [2.45, 2.75) is 31.1 Å². The third-order valence-corrected chi connectivity index (χ3v) is 6.40. The molecule has 6 nitrogen and oxygen atoms in total. The molecule has 0 radical (unpaired) electrons. The number of nitrogens with one attached hydrogen (secondary N) is 1. The van der Waals surface area contributed by atoms with Crippen LogP contribution in [-0.4, -0.2) is 28.0 Å². The Morgan fingerprint density at radius 2 is 1.88 bits per heavy atom. The van der Waals surface area contributed by atoms with Crippen molar-refractivity contribution in [2.75, 3.05) is 18.2 Å². The van der Waals surface area contributed by atoms with Crippen LogP contribution in [0.3, 0.4) is 0 Å². The minimum absolute atomic E-state index is 0.469. The van der Waals surface area contributed by atoms with Crippen LogP contribution in [-0.2, 0) is 0 Å². The fraction of sp³-hybridized carbons (Fsp3) is 0.240. The highest BCUT2D eigenvalue weighted by Crippen LogP contribution is 2.43. The van der Waals surface area contributed by atoms with Gasteiger partial charge in [-0.3, -0.25) is 0 Å². The molecule has 2 heterocycles. The van der Waals surface area contributed by atoms with E-state index in [1.807, 2.05) is 42.5 Å². The molecule has 0 fully saturated rings. The van der Waals surface area contributed by atoms with Crippen molar-refractivity contribution in [2.24, 2.45) is 0 Å². The highest BCUT2D eigenvalue weighted by molar-refractivity contribution is 7.99. The molecule has 0 amide bonds. The topological polar surface area (TPSA) is 69.2 Å². The van der Waals surface area contributed by atoms with Crippen molar-refractivity contribution in [3.63, 3.8) is 0 Å². The number of unbranched alkanes of at least 4 members (excludes halogenated alkanes) is 1. The van der Waals surface area contributed by atoms with E-state index in [-0.39, 0.29) is 0 Å². The average molecular weight is 445 g/mol. The number of hydrogen-bond acceptors (Lipinski definition) is 7. The zero-order valence-electron chi connectivity index (χ0n) is 18.0. The standard InChI is InChI=1S/C25H24N4O2S/c1-3-4-15-32-25-27-24-22(28-29-25)18-11-7-8-12-19(18)26-23(31-24)21-17-10-6-5-9-16(17)13-14-20(21)30-2/h5-14,23,26H,3-4,15H2,1-2H3/t23-/m1/s1. The Morgan fingerprint density at radius 3 is 2.75 bits per heavy atom. The van der Waals surface area contributed by atoms with Crippen molar-refractivity contribution in [1.29, 1.82) is 0 Å². The normalized spacial score (nSPS) is 14.6. The average Bonchev–Trinajstić information content (AvgIpc) is 2.99. The van der Waals surface area contributed by atoms with E-state index in [9.17, 15) is 0 Å². The Hall–Kier alpha value is -3.32. The third kappa shape index (κ3) is 3.84. The first-order chi connectivity index (χ1) is 15.8. The van der Waals surface area contributed by atoms with Gasteiger partial charge >= 0.3 is 0 Å². The van der Waals surface area contributed by atoms with Gasteiger partial charge in [0.25, 0.3) is 0 Å². The molecule has 32 heavy (non-hydrogen) atoms. The first-order valence-electron chi connectivity index (χ1n) is 10.7. The molecule has 0 bridgehead atoms. The van der Waals surface area contributed by atoms with Gasteiger partial charge in [-0.2, -0.15) is 4.98 Å². The summed E-state index contributed by atoms with van der Waals surface area (Å²) in [5.74, 6) is 2.17. The maximum absolute atomic E-state index is 6.50. The molecule has 1 atom stereocenters. The minimum atomic E-state index is -0.511. The van der Waals surface area contributed by atoms with Gasteiger partial charge in [-0.05, 0) is 29.3 Å². The smallest absolute Gasteiger partial charge is 0.247 e. The van der Waals surface area contributed by atoms with Crippen LogP contribution in [0.2, 0.25) is 0 Å². The molecule has 1 N–H and O–H groups in total. The molecule has 162 valence electrons. The summed E-state index contributed by atoms with van der Waals surface area (Å²) in [6, 6.07) is 20.3. The largest absolute Gasteiger partial charge is 0.496 e. The number of fused-ring (bicyclic) bond motifs is 4. The van der Waals surface area contributed by atoms with Gasteiger partial charge in [0, 0.05) is 17.0 Å². The molecule has 0 spiro atoms. The maximum Gasteiger partial charge on any atom is 0.247 e. The summed E-state index contributed by atoms with van der Waals surface area (Å²) in [6.07, 6.45) is 1.72. The summed E-state index contributed by atoms with van der Waals surface area (Å²) in [5.41, 5.74) is 3.38. The molecule has 0 saturated carbocycles. The van der Waals surface area contributed by atoms with Gasteiger partial charge in [0.1, 0.15) is 5.75 Å². The van der Waals surface area contributed by atoms with Gasteiger partial charge in [-0.25, -0.2) is 0 Å². The molecule has 1 aliphatic heterocycles. The molecule has 0 unspecified atom stereocenters. The number of rotatable bonds is 6. The summed E-state index contributed by atoms with van der Waals surface area (Å²) in [7, 11) is 1.68. The highest BCUT2D eigenvalue weighted by Gasteiger charge is 2.29. The number of nitrogens with zero attached hydrogens (tertiary/aromatic N) is 3. The number of anilines is 1. The van der Waals surface area contributed by atoms with Crippen molar-refractivity contribution in [3.05, 3.63) is 66.2 Å². The number of methoxy groups -OCH3 is 1. The number of benzene rings is 3. The van der Waals surface area contributed by atoms with E-state index in [4.69, 9.17) is 14.5 Å². The number of hydrogen-bond donors (Lipinski definition) is 1. The predicted octanol–water partition coefficient (Wildman–Crippen LogP) is 6.10. The van der Waals surface area contributed by atoms with Crippen LogP contribution in [0.5, 0.6) is 11.6 Å². The predicted molar refractivity (Wildman–Crippen MR) is 128 cm³/mol. The van der Waals surface area contributed by atoms with Crippen LogP contribution in [0.25, 0.3) is 22.0 Å². The lowest BCUT2D eigenvalue weighted by Crippen LogP contribution is -2.18. The van der Waals surface area contributed by atoms with Crippen molar-refractivity contribution in [3.8, 4) is 22.9 Å². The zero-order chi connectivity index (χ0) is 21.9. The SMILES string of the molecule is CCCCSc1nnc2c(n1)O[C@H](c1c(OC)ccc3ccccc13)Nc1ccccc1-2. The van der Waals surface area contributed by atoms with E-state index in [1.54, 1.807) is 18.9 Å². The summed E-state index contributed by atoms with van der Waals surface area (Å²) in [5, 5.41) is 15.2. The van der Waals surface area contributed by atoms with E-state index in [2.05, 4.69) is 40.6 Å². The van der Waals surface area contributed by atoms with Gasteiger partial charge in [0.2, 0.25) is 17.3 Å². The van der Waals surface area contributed by atoms with Crippen molar-refractivity contribution < 1.29 is 9.47 Å². The second-order valence-corrected chi connectivity index (χ2v) is 8.60. The molecule has 0 aliphatic carbocycles. The fourth-order valence-electron chi connectivity index (χ4n) is 3.87. The zero-order valence-corrected chi connectivity index (χ0v) is 18.9. The monoisotopic (exact) mass is 444 g/mol. The number of para-hydroxylation sites is 1. The second-order valence-electron chi connectivity index (χ2n) is 7.54. The first-order valence-corrected chi connectivity index (χ1v) is 11.7. The molecule has 3 aromatic carbocycles. The van der Waals surface area contributed by atoms with E-state index >= 15 is 0 Å². The van der Waals surface area contributed by atoms with Crippen LogP contribution in [0.15, 0.2) is 65.8 Å². The summed E-state index contributed by atoms with van der Waals surface area (Å²) in [4.78, 5) is 4.74. The third-order valence-electron chi connectivity index (χ3n) is 5.48. The van der Waals surface area contributed by atoms with E-state index < -0.39 is 6.23 Å². The number of thioether (sulfide) groups is 1. The van der Waals surface area contributed by atoms with Crippen LogP contribution >= 0.6 is 11.8 Å². The van der Waals surface area contributed by atoms with Crippen LogP contribution in [0, 0.1) is 0 Å². The van der Waals surface area contributed by atoms with Gasteiger partial charge in [0.15, 0.2) is 5.69 Å². The van der Waals surface area contributed by atoms with Crippen LogP contribution < -0.4 is 14.8 Å². The highest BCUT2D eigenvalue weighted by atomic mass is 32.2. The quantitative estimate of drug-likeness (QED) is 0.285. The molecule has 7 heteroatoms. The number of aromatic nitrogens is 3. The summed E-state index contributed by atoms with van der Waals surface area (Å²) >= 11 is 1.60. The molecular weight excluding hydrogens is 420 g/mol. The Kier molecular flexibility index (Phi) is 5.81. The minimum Gasteiger partial charge on any atom is -0.496 e. The molecule has 5 rings (SSSR count). The lowest BCUT2D eigenvalue weighted by Gasteiger charge is -2.23. The van der Waals surface area contributed by atoms with Gasteiger partial charge in [-0.1, -0.05) is 73.6 Å². The van der Waals surface area contributed by atoms with Crippen LogP contribution in [0.1, 0.15) is 31.6 Å². The lowest BCUT2D eigenvalue weighted by atomic mass is 10.0. The fourth-order valence-corrected chi connectivity index (χ4v) is 4.73.